The first-order valence-corrected chi connectivity index (χ1v) is 7.14. The molecule has 1 aromatic heterocycles. The number of carbonyl (C=O) groups excluding carboxylic acids is 1. The van der Waals surface area contributed by atoms with Crippen LogP contribution in [0.1, 0.15) is 29.6 Å². The Bertz CT molecular complexity index is 578. The van der Waals surface area contributed by atoms with Crippen LogP contribution in [0.15, 0.2) is 29.6 Å². The van der Waals surface area contributed by atoms with Crippen molar-refractivity contribution in [1.82, 2.24) is 5.32 Å². The van der Waals surface area contributed by atoms with Crippen molar-refractivity contribution in [2.45, 2.75) is 31.3 Å². The zero-order chi connectivity index (χ0) is 12.5. The summed E-state index contributed by atoms with van der Waals surface area (Å²) in [6.07, 6.45) is 2.90. The molecule has 2 atom stereocenters. The molecule has 0 radical (unpaired) electrons. The quantitative estimate of drug-likeness (QED) is 0.871. The summed E-state index contributed by atoms with van der Waals surface area (Å²) in [6.45, 7) is 0. The summed E-state index contributed by atoms with van der Waals surface area (Å²) in [5.74, 6) is 0.0338. The van der Waals surface area contributed by atoms with Crippen molar-refractivity contribution in [3.63, 3.8) is 0 Å². The molecule has 1 aliphatic carbocycles. The highest BCUT2D eigenvalue weighted by atomic mass is 32.1. The van der Waals surface area contributed by atoms with Gasteiger partial charge in [0.15, 0.2) is 0 Å². The van der Waals surface area contributed by atoms with Crippen LogP contribution in [0.4, 0.5) is 0 Å². The second-order valence-corrected chi connectivity index (χ2v) is 5.80. The fourth-order valence-electron chi connectivity index (χ4n) is 2.56. The van der Waals surface area contributed by atoms with E-state index in [2.05, 4.69) is 5.32 Å². The van der Waals surface area contributed by atoms with Crippen LogP contribution in [-0.2, 0) is 0 Å². The Hall–Kier alpha value is -1.39. The van der Waals surface area contributed by atoms with Gasteiger partial charge < -0.3 is 11.1 Å². The second kappa shape index (κ2) is 4.71. The molecule has 0 bridgehead atoms. The maximum Gasteiger partial charge on any atom is 0.252 e. The van der Waals surface area contributed by atoms with Gasteiger partial charge in [0, 0.05) is 27.5 Å². The molecule has 1 heterocycles. The predicted octanol–water partition coefficient (Wildman–Crippen LogP) is 2.51. The highest BCUT2D eigenvalue weighted by Gasteiger charge is 2.24. The van der Waals surface area contributed by atoms with E-state index in [4.69, 9.17) is 5.73 Å². The van der Waals surface area contributed by atoms with E-state index in [1.54, 1.807) is 11.3 Å². The van der Waals surface area contributed by atoms with E-state index >= 15 is 0 Å². The molecule has 3 nitrogen and oxygen atoms in total. The summed E-state index contributed by atoms with van der Waals surface area (Å²) < 4.78 is 1.16. The van der Waals surface area contributed by atoms with Crippen LogP contribution >= 0.6 is 11.3 Å². The normalized spacial score (nSPS) is 23.4. The van der Waals surface area contributed by atoms with Gasteiger partial charge in [0.25, 0.3) is 5.91 Å². The van der Waals surface area contributed by atoms with Gasteiger partial charge in [-0.15, -0.1) is 11.3 Å². The predicted molar refractivity (Wildman–Crippen MR) is 74.9 cm³/mol. The lowest BCUT2D eigenvalue weighted by Gasteiger charge is -2.11. The van der Waals surface area contributed by atoms with Gasteiger partial charge in [-0.1, -0.05) is 18.2 Å². The number of hydrogen-bond donors (Lipinski definition) is 2. The smallest absolute Gasteiger partial charge is 0.252 e. The van der Waals surface area contributed by atoms with Crippen molar-refractivity contribution < 1.29 is 4.79 Å². The van der Waals surface area contributed by atoms with E-state index in [0.29, 0.717) is 0 Å². The minimum atomic E-state index is 0.0338. The summed E-state index contributed by atoms with van der Waals surface area (Å²) in [5, 5.41) is 6.07. The van der Waals surface area contributed by atoms with Gasteiger partial charge in [-0.05, 0) is 25.3 Å². The van der Waals surface area contributed by atoms with Crippen molar-refractivity contribution in [3.8, 4) is 0 Å². The fraction of sp³-hybridized carbons (Fsp3) is 0.357. The summed E-state index contributed by atoms with van der Waals surface area (Å²) in [7, 11) is 0. The summed E-state index contributed by atoms with van der Waals surface area (Å²) in [6, 6.07) is 8.50. The van der Waals surface area contributed by atoms with Gasteiger partial charge in [-0.3, -0.25) is 4.79 Å². The third-order valence-electron chi connectivity index (χ3n) is 3.53. The van der Waals surface area contributed by atoms with E-state index in [0.717, 1.165) is 34.9 Å². The van der Waals surface area contributed by atoms with E-state index < -0.39 is 0 Å². The van der Waals surface area contributed by atoms with Crippen molar-refractivity contribution in [2.24, 2.45) is 5.73 Å². The molecule has 3 N–H and O–H groups in total. The lowest BCUT2D eigenvalue weighted by Crippen LogP contribution is -2.33. The van der Waals surface area contributed by atoms with E-state index in [1.165, 1.54) is 0 Å². The molecule has 4 heteroatoms. The first kappa shape index (κ1) is 11.7. The average molecular weight is 260 g/mol. The Labute approximate surface area is 110 Å². The molecular weight excluding hydrogens is 244 g/mol. The van der Waals surface area contributed by atoms with Crippen LogP contribution in [0.3, 0.4) is 0 Å². The van der Waals surface area contributed by atoms with E-state index in [-0.39, 0.29) is 18.0 Å². The van der Waals surface area contributed by atoms with Gasteiger partial charge in [0.1, 0.15) is 0 Å². The molecule has 1 amide bonds. The third kappa shape index (κ3) is 2.13. The molecule has 0 spiro atoms. The van der Waals surface area contributed by atoms with Crippen LogP contribution in [0.5, 0.6) is 0 Å². The maximum atomic E-state index is 12.2. The Morgan fingerprint density at radius 3 is 2.94 bits per heavy atom. The molecule has 2 aromatic rings. The Morgan fingerprint density at radius 2 is 2.17 bits per heavy atom. The molecule has 0 aliphatic heterocycles. The van der Waals surface area contributed by atoms with Gasteiger partial charge >= 0.3 is 0 Å². The van der Waals surface area contributed by atoms with Crippen LogP contribution in [-0.4, -0.2) is 18.0 Å². The highest BCUT2D eigenvalue weighted by molar-refractivity contribution is 7.17. The number of fused-ring (bicyclic) bond motifs is 1. The Kier molecular flexibility index (Phi) is 3.06. The molecule has 1 fully saturated rings. The van der Waals surface area contributed by atoms with Gasteiger partial charge in [-0.2, -0.15) is 0 Å². The topological polar surface area (TPSA) is 55.1 Å². The van der Waals surface area contributed by atoms with Crippen LogP contribution in [0.2, 0.25) is 0 Å². The summed E-state index contributed by atoms with van der Waals surface area (Å²) in [5.41, 5.74) is 6.65. The fourth-order valence-corrected chi connectivity index (χ4v) is 3.51. The lowest BCUT2D eigenvalue weighted by molar-refractivity contribution is 0.0940. The van der Waals surface area contributed by atoms with E-state index in [9.17, 15) is 4.79 Å². The first-order chi connectivity index (χ1) is 8.74. The van der Waals surface area contributed by atoms with Crippen LogP contribution in [0, 0.1) is 0 Å². The number of hydrogen-bond acceptors (Lipinski definition) is 3. The number of amides is 1. The molecule has 3 rings (SSSR count). The summed E-state index contributed by atoms with van der Waals surface area (Å²) >= 11 is 1.62. The van der Waals surface area contributed by atoms with Gasteiger partial charge in [-0.25, -0.2) is 0 Å². The minimum Gasteiger partial charge on any atom is -0.349 e. The van der Waals surface area contributed by atoms with Gasteiger partial charge in [0.05, 0.1) is 5.56 Å². The van der Waals surface area contributed by atoms with Crippen molar-refractivity contribution in [2.75, 3.05) is 0 Å². The summed E-state index contributed by atoms with van der Waals surface area (Å²) in [4.78, 5) is 12.2. The maximum absolute atomic E-state index is 12.2. The zero-order valence-electron chi connectivity index (χ0n) is 10.1. The molecule has 18 heavy (non-hydrogen) atoms. The number of carbonyl (C=O) groups is 1. The third-order valence-corrected chi connectivity index (χ3v) is 4.50. The Balaban J connectivity index is 1.80. The van der Waals surface area contributed by atoms with Crippen molar-refractivity contribution >= 4 is 27.3 Å². The number of nitrogens with two attached hydrogens (primary N) is 1. The minimum absolute atomic E-state index is 0.0338. The highest BCUT2D eigenvalue weighted by Crippen LogP contribution is 2.26. The molecule has 1 aromatic carbocycles. The Morgan fingerprint density at radius 1 is 1.33 bits per heavy atom. The average Bonchev–Trinajstić information content (AvgIpc) is 2.95. The zero-order valence-corrected chi connectivity index (χ0v) is 10.9. The van der Waals surface area contributed by atoms with Crippen LogP contribution < -0.4 is 11.1 Å². The standard InChI is InChI=1S/C14H16N2OS/c15-9-5-6-10(7-9)16-14(17)12-8-18-13-4-2-1-3-11(12)13/h1-4,8-10H,5-7,15H2,(H,16,17). The molecule has 1 aliphatic rings. The largest absolute Gasteiger partial charge is 0.349 e. The first-order valence-electron chi connectivity index (χ1n) is 6.26. The van der Waals surface area contributed by atoms with Crippen LogP contribution in [0.25, 0.3) is 10.1 Å². The molecule has 1 saturated carbocycles. The molecule has 94 valence electrons. The van der Waals surface area contributed by atoms with Crippen molar-refractivity contribution in [3.05, 3.63) is 35.2 Å². The number of rotatable bonds is 2. The van der Waals surface area contributed by atoms with Crippen molar-refractivity contribution in [1.29, 1.82) is 0 Å². The van der Waals surface area contributed by atoms with E-state index in [1.807, 2.05) is 29.6 Å². The number of thiophene rings is 1. The molecular formula is C14H16N2OS. The molecule has 2 unspecified atom stereocenters. The number of nitrogens with one attached hydrogen (secondary N) is 1. The SMILES string of the molecule is NC1CCC(NC(=O)c2csc3ccccc23)C1. The second-order valence-electron chi connectivity index (χ2n) is 4.89. The van der Waals surface area contributed by atoms with Gasteiger partial charge in [0.2, 0.25) is 0 Å². The number of benzene rings is 1. The monoisotopic (exact) mass is 260 g/mol. The molecule has 0 saturated heterocycles. The lowest BCUT2D eigenvalue weighted by atomic mass is 10.1.